The number of para-hydroxylation sites is 1. The van der Waals surface area contributed by atoms with Crippen molar-refractivity contribution in [3.05, 3.63) is 102 Å². The van der Waals surface area contributed by atoms with Crippen molar-refractivity contribution in [1.82, 2.24) is 10.4 Å². The van der Waals surface area contributed by atoms with Crippen LogP contribution in [0.5, 0.6) is 5.75 Å². The Morgan fingerprint density at radius 1 is 1.00 bits per heavy atom. The third-order valence-corrected chi connectivity index (χ3v) is 4.54. The van der Waals surface area contributed by atoms with Crippen LogP contribution in [0.2, 0.25) is 0 Å². The third-order valence-electron chi connectivity index (χ3n) is 4.54. The molecular formula is C24H21N3O2. The van der Waals surface area contributed by atoms with Crippen LogP contribution in [0, 0.1) is 0 Å². The molecule has 0 saturated carbocycles. The van der Waals surface area contributed by atoms with Crippen LogP contribution >= 0.6 is 0 Å². The number of fused-ring (bicyclic) bond motifs is 1. The van der Waals surface area contributed by atoms with Gasteiger partial charge in [-0.2, -0.15) is 5.10 Å². The van der Waals surface area contributed by atoms with E-state index in [9.17, 15) is 4.79 Å². The van der Waals surface area contributed by atoms with E-state index in [4.69, 9.17) is 4.74 Å². The quantitative estimate of drug-likeness (QED) is 0.366. The number of nitrogens with zero attached hydrogens (tertiary/aromatic N) is 1. The molecule has 4 rings (SSSR count). The van der Waals surface area contributed by atoms with Crippen molar-refractivity contribution >= 4 is 23.0 Å². The lowest BCUT2D eigenvalue weighted by Gasteiger charge is -2.06. The Bertz CT molecular complexity index is 1130. The van der Waals surface area contributed by atoms with Gasteiger partial charge in [0.15, 0.2) is 0 Å². The number of benzene rings is 3. The van der Waals surface area contributed by atoms with Crippen LogP contribution in [0.4, 0.5) is 0 Å². The van der Waals surface area contributed by atoms with Crippen LogP contribution in [-0.4, -0.2) is 17.1 Å². The van der Waals surface area contributed by atoms with Gasteiger partial charge in [-0.25, -0.2) is 5.43 Å². The van der Waals surface area contributed by atoms with E-state index >= 15 is 0 Å². The second-order valence-corrected chi connectivity index (χ2v) is 6.68. The molecule has 5 heteroatoms. The monoisotopic (exact) mass is 383 g/mol. The summed E-state index contributed by atoms with van der Waals surface area (Å²) in [5.41, 5.74) is 6.51. The number of amides is 1. The van der Waals surface area contributed by atoms with Crippen LogP contribution in [0.1, 0.15) is 16.7 Å². The van der Waals surface area contributed by atoms with Crippen molar-refractivity contribution in [2.75, 3.05) is 0 Å². The van der Waals surface area contributed by atoms with Crippen LogP contribution in [0.25, 0.3) is 10.9 Å². The molecule has 0 aliphatic heterocycles. The molecule has 1 aromatic heterocycles. The number of aromatic amines is 1. The largest absolute Gasteiger partial charge is 0.489 e. The highest BCUT2D eigenvalue weighted by molar-refractivity contribution is 5.89. The summed E-state index contributed by atoms with van der Waals surface area (Å²) in [5.74, 6) is 0.588. The lowest BCUT2D eigenvalue weighted by Crippen LogP contribution is -2.19. The molecule has 0 atom stereocenters. The summed E-state index contributed by atoms with van der Waals surface area (Å²) < 4.78 is 5.82. The Balaban J connectivity index is 1.32. The molecule has 1 heterocycles. The number of rotatable bonds is 7. The third kappa shape index (κ3) is 4.90. The lowest BCUT2D eigenvalue weighted by atomic mass is 10.1. The van der Waals surface area contributed by atoms with Crippen LogP contribution < -0.4 is 10.2 Å². The summed E-state index contributed by atoms with van der Waals surface area (Å²) in [6.07, 6.45) is 3.74. The molecule has 4 aromatic rings. The fourth-order valence-electron chi connectivity index (χ4n) is 3.09. The highest BCUT2D eigenvalue weighted by atomic mass is 16.5. The maximum Gasteiger partial charge on any atom is 0.244 e. The minimum absolute atomic E-state index is 0.164. The molecule has 5 nitrogen and oxygen atoms in total. The number of nitrogens with one attached hydrogen (secondary N) is 2. The smallest absolute Gasteiger partial charge is 0.244 e. The van der Waals surface area contributed by atoms with E-state index in [1.54, 1.807) is 6.21 Å². The second-order valence-electron chi connectivity index (χ2n) is 6.68. The number of hydrogen-bond donors (Lipinski definition) is 2. The molecule has 0 unspecified atom stereocenters. The topological polar surface area (TPSA) is 66.5 Å². The first-order chi connectivity index (χ1) is 14.3. The highest BCUT2D eigenvalue weighted by Crippen LogP contribution is 2.18. The number of aromatic nitrogens is 1. The second kappa shape index (κ2) is 8.89. The average molecular weight is 383 g/mol. The first-order valence-electron chi connectivity index (χ1n) is 9.41. The summed E-state index contributed by atoms with van der Waals surface area (Å²) in [4.78, 5) is 15.4. The molecule has 29 heavy (non-hydrogen) atoms. The first kappa shape index (κ1) is 18.5. The molecule has 0 spiro atoms. The summed E-state index contributed by atoms with van der Waals surface area (Å²) >= 11 is 0. The molecule has 2 N–H and O–H groups in total. The van der Waals surface area contributed by atoms with Crippen LogP contribution in [-0.2, 0) is 17.8 Å². The summed E-state index contributed by atoms with van der Waals surface area (Å²) in [6.45, 7) is 0.503. The van der Waals surface area contributed by atoms with Gasteiger partial charge in [0.2, 0.25) is 5.91 Å². The minimum atomic E-state index is -0.164. The van der Waals surface area contributed by atoms with Gasteiger partial charge in [0.1, 0.15) is 12.4 Å². The molecule has 1 amide bonds. The van der Waals surface area contributed by atoms with Crippen molar-refractivity contribution < 1.29 is 9.53 Å². The molecule has 3 aromatic carbocycles. The van der Waals surface area contributed by atoms with E-state index in [0.717, 1.165) is 33.3 Å². The van der Waals surface area contributed by atoms with Crippen LogP contribution in [0.3, 0.4) is 0 Å². The van der Waals surface area contributed by atoms with E-state index in [-0.39, 0.29) is 12.3 Å². The number of hydrazone groups is 1. The van der Waals surface area contributed by atoms with Crippen LogP contribution in [0.15, 0.2) is 90.2 Å². The standard InChI is InChI=1S/C24H21N3O2/c28-24(14-20-16-25-23-12-5-4-11-22(20)23)27-26-15-19-9-6-10-21(13-19)29-17-18-7-2-1-3-8-18/h1-13,15-16,25H,14,17H2,(H,27,28)/b26-15+. The Kier molecular flexibility index (Phi) is 5.67. The molecule has 0 aliphatic carbocycles. The SMILES string of the molecule is O=C(Cc1c[nH]c2ccccc12)N/N=C/c1cccc(OCc2ccccc2)c1. The summed E-state index contributed by atoms with van der Waals surface area (Å²) in [6, 6.07) is 25.5. The molecule has 0 fully saturated rings. The normalized spacial score (nSPS) is 11.0. The molecule has 0 aliphatic rings. The van der Waals surface area contributed by atoms with Gasteiger partial charge >= 0.3 is 0 Å². The van der Waals surface area contributed by atoms with Crippen molar-refractivity contribution in [3.63, 3.8) is 0 Å². The van der Waals surface area contributed by atoms with E-state index in [2.05, 4.69) is 15.5 Å². The Hall–Kier alpha value is -3.86. The number of H-pyrrole nitrogens is 1. The van der Waals surface area contributed by atoms with Crippen molar-refractivity contribution in [2.24, 2.45) is 5.10 Å². The van der Waals surface area contributed by atoms with Gasteiger partial charge in [0.25, 0.3) is 0 Å². The number of ether oxygens (including phenoxy) is 1. The number of hydrogen-bond acceptors (Lipinski definition) is 3. The molecule has 144 valence electrons. The van der Waals surface area contributed by atoms with Crippen molar-refractivity contribution in [2.45, 2.75) is 13.0 Å². The summed E-state index contributed by atoms with van der Waals surface area (Å²) in [7, 11) is 0. The number of carbonyl (C=O) groups excluding carboxylic acids is 1. The van der Waals surface area contributed by atoms with Crippen molar-refractivity contribution in [3.8, 4) is 5.75 Å². The number of carbonyl (C=O) groups is 1. The molecule has 0 saturated heterocycles. The average Bonchev–Trinajstić information content (AvgIpc) is 3.16. The first-order valence-corrected chi connectivity index (χ1v) is 9.41. The molecule has 0 bridgehead atoms. The zero-order valence-corrected chi connectivity index (χ0v) is 15.8. The van der Waals surface area contributed by atoms with Gasteiger partial charge in [-0.15, -0.1) is 0 Å². The van der Waals surface area contributed by atoms with Gasteiger partial charge in [0.05, 0.1) is 12.6 Å². The predicted molar refractivity (Wildman–Crippen MR) is 115 cm³/mol. The van der Waals surface area contributed by atoms with E-state index < -0.39 is 0 Å². The van der Waals surface area contributed by atoms with E-state index in [1.165, 1.54) is 0 Å². The highest BCUT2D eigenvalue weighted by Gasteiger charge is 2.07. The van der Waals surface area contributed by atoms with Gasteiger partial charge in [0, 0.05) is 17.1 Å². The zero-order valence-electron chi connectivity index (χ0n) is 15.8. The maximum absolute atomic E-state index is 12.2. The summed E-state index contributed by atoms with van der Waals surface area (Å²) in [5, 5.41) is 5.12. The van der Waals surface area contributed by atoms with Gasteiger partial charge in [-0.1, -0.05) is 60.7 Å². The lowest BCUT2D eigenvalue weighted by molar-refractivity contribution is -0.120. The van der Waals surface area contributed by atoms with Gasteiger partial charge in [-0.3, -0.25) is 4.79 Å². The fourth-order valence-corrected chi connectivity index (χ4v) is 3.09. The molecule has 0 radical (unpaired) electrons. The van der Waals surface area contributed by atoms with Crippen molar-refractivity contribution in [1.29, 1.82) is 0 Å². The fraction of sp³-hybridized carbons (Fsp3) is 0.0833. The van der Waals surface area contributed by atoms with E-state index in [1.807, 2.05) is 85.1 Å². The Morgan fingerprint density at radius 3 is 2.72 bits per heavy atom. The minimum Gasteiger partial charge on any atom is -0.489 e. The van der Waals surface area contributed by atoms with Gasteiger partial charge in [-0.05, 0) is 34.9 Å². The zero-order chi connectivity index (χ0) is 19.9. The molecular weight excluding hydrogens is 362 g/mol. The van der Waals surface area contributed by atoms with Gasteiger partial charge < -0.3 is 9.72 Å². The Labute approximate surface area is 169 Å². The predicted octanol–water partition coefficient (Wildman–Crippen LogP) is 4.44. The van der Waals surface area contributed by atoms with E-state index in [0.29, 0.717) is 6.61 Å². The maximum atomic E-state index is 12.2. The Morgan fingerprint density at radius 2 is 1.83 bits per heavy atom.